The SMILES string of the molecule is N#CN=C(NCc1ccc(Cl)nc1)NCc1ccc(Cl)nc1. The van der Waals surface area contributed by atoms with Crippen molar-refractivity contribution in [3.63, 3.8) is 0 Å². The van der Waals surface area contributed by atoms with Crippen molar-refractivity contribution in [2.24, 2.45) is 4.99 Å². The Morgan fingerprint density at radius 3 is 1.86 bits per heavy atom. The van der Waals surface area contributed by atoms with Gasteiger partial charge in [0, 0.05) is 25.5 Å². The maximum Gasteiger partial charge on any atom is 0.209 e. The van der Waals surface area contributed by atoms with Gasteiger partial charge in [-0.2, -0.15) is 5.26 Å². The molecule has 22 heavy (non-hydrogen) atoms. The summed E-state index contributed by atoms with van der Waals surface area (Å²) >= 11 is 11.5. The number of nitrogens with one attached hydrogen (secondary N) is 2. The normalized spacial score (nSPS) is 9.68. The average Bonchev–Trinajstić information content (AvgIpc) is 2.53. The summed E-state index contributed by atoms with van der Waals surface area (Å²) in [5.74, 6) is 0.368. The zero-order valence-corrected chi connectivity index (χ0v) is 12.9. The number of rotatable bonds is 4. The first-order valence-corrected chi connectivity index (χ1v) is 7.08. The van der Waals surface area contributed by atoms with Crippen LogP contribution in [0.1, 0.15) is 11.1 Å². The van der Waals surface area contributed by atoms with E-state index in [0.717, 1.165) is 11.1 Å². The second-order valence-electron chi connectivity index (χ2n) is 4.25. The van der Waals surface area contributed by atoms with Crippen molar-refractivity contribution >= 4 is 29.2 Å². The molecule has 2 aromatic rings. The van der Waals surface area contributed by atoms with Gasteiger partial charge >= 0.3 is 0 Å². The lowest BCUT2D eigenvalue weighted by atomic mass is 10.3. The number of halogens is 2. The van der Waals surface area contributed by atoms with Crippen molar-refractivity contribution in [3.05, 3.63) is 58.1 Å². The lowest BCUT2D eigenvalue weighted by Crippen LogP contribution is -2.36. The molecule has 0 fully saturated rings. The zero-order valence-electron chi connectivity index (χ0n) is 11.4. The van der Waals surface area contributed by atoms with Crippen LogP contribution in [0.3, 0.4) is 0 Å². The zero-order chi connectivity index (χ0) is 15.8. The van der Waals surface area contributed by atoms with Crippen LogP contribution >= 0.6 is 23.2 Å². The molecule has 0 aliphatic carbocycles. The first-order valence-electron chi connectivity index (χ1n) is 6.33. The number of aliphatic imine (C=N–C) groups is 1. The summed E-state index contributed by atoms with van der Waals surface area (Å²) in [6.07, 6.45) is 5.06. The van der Waals surface area contributed by atoms with Gasteiger partial charge in [0.2, 0.25) is 12.2 Å². The van der Waals surface area contributed by atoms with Crippen LogP contribution < -0.4 is 10.6 Å². The van der Waals surface area contributed by atoms with E-state index >= 15 is 0 Å². The third kappa shape index (κ3) is 5.20. The first-order chi connectivity index (χ1) is 10.7. The summed E-state index contributed by atoms with van der Waals surface area (Å²) in [6.45, 7) is 0.938. The summed E-state index contributed by atoms with van der Waals surface area (Å²) < 4.78 is 0. The Bertz CT molecular complexity index is 624. The second kappa shape index (κ2) is 8.17. The number of nitrogens with zero attached hydrogens (tertiary/aromatic N) is 4. The molecule has 0 saturated carbocycles. The highest BCUT2D eigenvalue weighted by molar-refractivity contribution is 6.29. The van der Waals surface area contributed by atoms with Crippen molar-refractivity contribution in [1.82, 2.24) is 20.6 Å². The number of pyridine rings is 2. The van der Waals surface area contributed by atoms with Crippen LogP contribution in [-0.4, -0.2) is 15.9 Å². The summed E-state index contributed by atoms with van der Waals surface area (Å²) in [4.78, 5) is 11.7. The van der Waals surface area contributed by atoms with Gasteiger partial charge in [0.25, 0.3) is 0 Å². The second-order valence-corrected chi connectivity index (χ2v) is 5.02. The van der Waals surface area contributed by atoms with E-state index in [0.29, 0.717) is 29.4 Å². The highest BCUT2D eigenvalue weighted by Crippen LogP contribution is 2.06. The molecule has 0 aliphatic heterocycles. The molecule has 0 aliphatic rings. The van der Waals surface area contributed by atoms with E-state index in [9.17, 15) is 0 Å². The summed E-state index contributed by atoms with van der Waals surface area (Å²) in [5, 5.41) is 15.6. The number of guanidine groups is 1. The first kappa shape index (κ1) is 16.0. The topological polar surface area (TPSA) is 86.0 Å². The molecule has 2 N–H and O–H groups in total. The number of nitriles is 1. The van der Waals surface area contributed by atoms with Gasteiger partial charge in [-0.15, -0.1) is 4.99 Å². The fraction of sp³-hybridized carbons (Fsp3) is 0.143. The summed E-state index contributed by atoms with van der Waals surface area (Å²) in [5.41, 5.74) is 1.84. The molecule has 0 amide bonds. The minimum atomic E-state index is 0.368. The molecule has 0 spiro atoms. The van der Waals surface area contributed by atoms with Crippen molar-refractivity contribution in [1.29, 1.82) is 5.26 Å². The largest absolute Gasteiger partial charge is 0.351 e. The van der Waals surface area contributed by atoms with Crippen LogP contribution in [0, 0.1) is 11.5 Å². The average molecular weight is 335 g/mol. The molecule has 6 nitrogen and oxygen atoms in total. The van der Waals surface area contributed by atoms with E-state index in [4.69, 9.17) is 28.5 Å². The summed E-state index contributed by atoms with van der Waals surface area (Å²) in [6, 6.07) is 7.09. The Hall–Kier alpha value is -2.36. The van der Waals surface area contributed by atoms with Gasteiger partial charge in [0.15, 0.2) is 0 Å². The van der Waals surface area contributed by atoms with Crippen LogP contribution in [0.15, 0.2) is 41.7 Å². The van der Waals surface area contributed by atoms with E-state index in [2.05, 4.69) is 25.6 Å². The van der Waals surface area contributed by atoms with Gasteiger partial charge < -0.3 is 10.6 Å². The molecule has 0 saturated heterocycles. The Kier molecular flexibility index (Phi) is 5.95. The molecule has 0 aromatic carbocycles. The Morgan fingerprint density at radius 2 is 1.50 bits per heavy atom. The van der Waals surface area contributed by atoms with E-state index in [-0.39, 0.29) is 0 Å². The van der Waals surface area contributed by atoms with Gasteiger partial charge in [-0.05, 0) is 23.3 Å². The van der Waals surface area contributed by atoms with Gasteiger partial charge in [0.1, 0.15) is 10.3 Å². The summed E-state index contributed by atoms with van der Waals surface area (Å²) in [7, 11) is 0. The number of hydrogen-bond donors (Lipinski definition) is 2. The van der Waals surface area contributed by atoms with Crippen LogP contribution in [0.25, 0.3) is 0 Å². The van der Waals surface area contributed by atoms with E-state index < -0.39 is 0 Å². The lowest BCUT2D eigenvalue weighted by Gasteiger charge is -2.11. The van der Waals surface area contributed by atoms with Crippen molar-refractivity contribution < 1.29 is 0 Å². The van der Waals surface area contributed by atoms with Gasteiger partial charge in [-0.1, -0.05) is 35.3 Å². The van der Waals surface area contributed by atoms with Crippen LogP contribution in [0.2, 0.25) is 10.3 Å². The molecule has 0 unspecified atom stereocenters. The van der Waals surface area contributed by atoms with E-state index in [1.807, 2.05) is 12.1 Å². The number of hydrogen-bond acceptors (Lipinski definition) is 4. The molecule has 0 bridgehead atoms. The molecule has 2 heterocycles. The van der Waals surface area contributed by atoms with Crippen molar-refractivity contribution in [2.45, 2.75) is 13.1 Å². The minimum absolute atomic E-state index is 0.368. The van der Waals surface area contributed by atoms with E-state index in [1.54, 1.807) is 30.7 Å². The van der Waals surface area contributed by atoms with Crippen LogP contribution in [-0.2, 0) is 13.1 Å². The maximum atomic E-state index is 8.73. The quantitative estimate of drug-likeness (QED) is 0.388. The van der Waals surface area contributed by atoms with Crippen molar-refractivity contribution in [3.8, 4) is 6.19 Å². The lowest BCUT2D eigenvalue weighted by molar-refractivity contribution is 0.808. The van der Waals surface area contributed by atoms with Gasteiger partial charge in [-0.3, -0.25) is 0 Å². The highest BCUT2D eigenvalue weighted by atomic mass is 35.5. The Balaban J connectivity index is 1.90. The van der Waals surface area contributed by atoms with Crippen molar-refractivity contribution in [2.75, 3.05) is 0 Å². The fourth-order valence-electron chi connectivity index (χ4n) is 1.59. The minimum Gasteiger partial charge on any atom is -0.351 e. The molecular weight excluding hydrogens is 323 g/mol. The Labute approximate surface area is 137 Å². The standard InChI is InChI=1S/C14H12Cl2N6/c15-12-3-1-10(5-18-12)7-20-14(22-9-17)21-8-11-2-4-13(16)19-6-11/h1-6H,7-8H2,(H2,20,21,22). The molecule has 112 valence electrons. The molecule has 8 heteroatoms. The third-order valence-corrected chi connectivity index (χ3v) is 3.11. The predicted molar refractivity (Wildman–Crippen MR) is 85.2 cm³/mol. The predicted octanol–water partition coefficient (Wildman–Crippen LogP) is 2.50. The number of aromatic nitrogens is 2. The van der Waals surface area contributed by atoms with E-state index in [1.165, 1.54) is 0 Å². The molecule has 2 aromatic heterocycles. The monoisotopic (exact) mass is 334 g/mol. The van der Waals surface area contributed by atoms with Gasteiger partial charge in [-0.25, -0.2) is 9.97 Å². The highest BCUT2D eigenvalue weighted by Gasteiger charge is 2.01. The van der Waals surface area contributed by atoms with Crippen LogP contribution in [0.5, 0.6) is 0 Å². The molecular formula is C14H12Cl2N6. The van der Waals surface area contributed by atoms with Gasteiger partial charge in [0.05, 0.1) is 0 Å². The maximum absolute atomic E-state index is 8.73. The molecule has 2 rings (SSSR count). The fourth-order valence-corrected chi connectivity index (χ4v) is 1.81. The molecule has 0 radical (unpaired) electrons. The Morgan fingerprint density at radius 1 is 1.00 bits per heavy atom. The third-order valence-electron chi connectivity index (χ3n) is 2.66. The van der Waals surface area contributed by atoms with Crippen LogP contribution in [0.4, 0.5) is 0 Å². The smallest absolute Gasteiger partial charge is 0.209 e. The molecule has 0 atom stereocenters.